The number of hydrogen-bond acceptors (Lipinski definition) is 1. The number of rotatable bonds is 4. The lowest BCUT2D eigenvalue weighted by Gasteiger charge is -2.37. The highest BCUT2D eigenvalue weighted by Crippen LogP contribution is 2.41. The van der Waals surface area contributed by atoms with Crippen LogP contribution >= 0.6 is 27.5 Å². The largest absolute Gasteiger partial charge is 0.310 e. The van der Waals surface area contributed by atoms with Gasteiger partial charge in [0.2, 0.25) is 0 Å². The molecule has 4 atom stereocenters. The first-order valence-corrected chi connectivity index (χ1v) is 8.88. The Labute approximate surface area is 136 Å². The summed E-state index contributed by atoms with van der Waals surface area (Å²) >= 11 is 9.90. The van der Waals surface area contributed by atoms with Crippen molar-refractivity contribution in [2.45, 2.75) is 46.1 Å². The van der Waals surface area contributed by atoms with Gasteiger partial charge in [0.15, 0.2) is 0 Å². The fourth-order valence-corrected chi connectivity index (χ4v) is 4.07. The fourth-order valence-electron chi connectivity index (χ4n) is 3.40. The second kappa shape index (κ2) is 7.29. The van der Waals surface area contributed by atoms with Gasteiger partial charge < -0.3 is 5.32 Å². The Balaban J connectivity index is 2.24. The number of benzene rings is 1. The molecule has 20 heavy (non-hydrogen) atoms. The standard InChI is InChI=1S/C17H25BrClN/c1-4-20-17(13-6-5-11(2)12(3)9-13)15-10-14(19)7-8-16(15)18/h7-8,10-13,17,20H,4-6,9H2,1-3H3. The van der Waals surface area contributed by atoms with Crippen molar-refractivity contribution in [1.82, 2.24) is 5.32 Å². The molecule has 1 aliphatic carbocycles. The first-order valence-electron chi connectivity index (χ1n) is 7.71. The highest BCUT2D eigenvalue weighted by atomic mass is 79.9. The third kappa shape index (κ3) is 3.78. The van der Waals surface area contributed by atoms with Gasteiger partial charge >= 0.3 is 0 Å². The molecule has 2 rings (SSSR count). The Bertz CT molecular complexity index is 449. The lowest BCUT2D eigenvalue weighted by molar-refractivity contribution is 0.171. The van der Waals surface area contributed by atoms with Gasteiger partial charge in [-0.05, 0) is 60.9 Å². The molecule has 1 nitrogen and oxygen atoms in total. The van der Waals surface area contributed by atoms with Crippen LogP contribution in [0.25, 0.3) is 0 Å². The van der Waals surface area contributed by atoms with Crippen LogP contribution in [0.1, 0.15) is 51.6 Å². The molecule has 1 aliphatic rings. The zero-order chi connectivity index (χ0) is 14.7. The normalized spacial score (nSPS) is 28.4. The van der Waals surface area contributed by atoms with Crippen molar-refractivity contribution >= 4 is 27.5 Å². The first kappa shape index (κ1) is 16.3. The van der Waals surface area contributed by atoms with E-state index in [2.05, 4.69) is 54.2 Å². The summed E-state index contributed by atoms with van der Waals surface area (Å²) in [4.78, 5) is 0. The summed E-state index contributed by atoms with van der Waals surface area (Å²) in [6, 6.07) is 6.53. The van der Waals surface area contributed by atoms with Crippen LogP contribution < -0.4 is 5.32 Å². The average molecular weight is 359 g/mol. The van der Waals surface area contributed by atoms with Gasteiger partial charge in [-0.15, -0.1) is 0 Å². The SMILES string of the molecule is CCNC(c1cc(Cl)ccc1Br)C1CCC(C)C(C)C1. The van der Waals surface area contributed by atoms with E-state index < -0.39 is 0 Å². The van der Waals surface area contributed by atoms with E-state index in [0.29, 0.717) is 12.0 Å². The second-order valence-corrected chi connectivity index (χ2v) is 7.52. The Morgan fingerprint density at radius 1 is 1.30 bits per heavy atom. The van der Waals surface area contributed by atoms with Crippen molar-refractivity contribution in [3.63, 3.8) is 0 Å². The molecule has 0 heterocycles. The predicted molar refractivity (Wildman–Crippen MR) is 91.2 cm³/mol. The quantitative estimate of drug-likeness (QED) is 0.714. The van der Waals surface area contributed by atoms with E-state index in [1.54, 1.807) is 0 Å². The van der Waals surface area contributed by atoms with E-state index in [9.17, 15) is 0 Å². The van der Waals surface area contributed by atoms with Crippen LogP contribution in [-0.2, 0) is 0 Å². The molecule has 0 spiro atoms. The minimum absolute atomic E-state index is 0.406. The molecule has 0 aliphatic heterocycles. The molecule has 1 saturated carbocycles. The molecule has 1 aromatic rings. The van der Waals surface area contributed by atoms with E-state index in [-0.39, 0.29) is 0 Å². The molecule has 0 amide bonds. The van der Waals surface area contributed by atoms with Crippen LogP contribution in [0.5, 0.6) is 0 Å². The first-order chi connectivity index (χ1) is 9.52. The van der Waals surface area contributed by atoms with Gasteiger partial charge in [-0.25, -0.2) is 0 Å². The van der Waals surface area contributed by atoms with Crippen LogP contribution in [0.2, 0.25) is 5.02 Å². The van der Waals surface area contributed by atoms with E-state index in [1.807, 2.05) is 6.07 Å². The zero-order valence-corrected chi connectivity index (χ0v) is 15.0. The third-order valence-corrected chi connectivity index (χ3v) is 5.78. The van der Waals surface area contributed by atoms with Crippen molar-refractivity contribution in [3.05, 3.63) is 33.3 Å². The Morgan fingerprint density at radius 2 is 2.05 bits per heavy atom. The molecule has 1 N–H and O–H groups in total. The maximum Gasteiger partial charge on any atom is 0.0410 e. The fraction of sp³-hybridized carbons (Fsp3) is 0.647. The van der Waals surface area contributed by atoms with Crippen molar-refractivity contribution in [2.75, 3.05) is 6.54 Å². The van der Waals surface area contributed by atoms with Gasteiger partial charge in [0.1, 0.15) is 0 Å². The second-order valence-electron chi connectivity index (χ2n) is 6.23. The lowest BCUT2D eigenvalue weighted by atomic mass is 9.72. The predicted octanol–water partition coefficient (Wildman–Crippen LogP) is 5.83. The van der Waals surface area contributed by atoms with Crippen molar-refractivity contribution in [3.8, 4) is 0 Å². The minimum atomic E-state index is 0.406. The van der Waals surface area contributed by atoms with Crippen molar-refractivity contribution < 1.29 is 0 Å². The molecule has 0 aromatic heterocycles. The van der Waals surface area contributed by atoms with Gasteiger partial charge in [-0.1, -0.05) is 54.7 Å². The van der Waals surface area contributed by atoms with Gasteiger partial charge in [0.25, 0.3) is 0 Å². The van der Waals surface area contributed by atoms with Crippen LogP contribution in [0.15, 0.2) is 22.7 Å². The Hall–Kier alpha value is -0.0500. The molecule has 0 bridgehead atoms. The van der Waals surface area contributed by atoms with E-state index in [1.165, 1.54) is 29.3 Å². The van der Waals surface area contributed by atoms with Gasteiger partial charge in [0, 0.05) is 15.5 Å². The lowest BCUT2D eigenvalue weighted by Crippen LogP contribution is -2.33. The maximum atomic E-state index is 6.20. The highest BCUT2D eigenvalue weighted by molar-refractivity contribution is 9.10. The zero-order valence-electron chi connectivity index (χ0n) is 12.6. The highest BCUT2D eigenvalue weighted by Gasteiger charge is 2.31. The molecular weight excluding hydrogens is 334 g/mol. The summed E-state index contributed by atoms with van der Waals surface area (Å²) in [7, 11) is 0. The molecule has 0 saturated heterocycles. The molecule has 0 radical (unpaired) electrons. The summed E-state index contributed by atoms with van der Waals surface area (Å²) in [6.07, 6.45) is 3.95. The van der Waals surface area contributed by atoms with Crippen LogP contribution in [0.4, 0.5) is 0 Å². The third-order valence-electron chi connectivity index (χ3n) is 4.83. The van der Waals surface area contributed by atoms with E-state index in [4.69, 9.17) is 11.6 Å². The van der Waals surface area contributed by atoms with E-state index >= 15 is 0 Å². The van der Waals surface area contributed by atoms with Crippen molar-refractivity contribution in [1.29, 1.82) is 0 Å². The minimum Gasteiger partial charge on any atom is -0.310 e. The summed E-state index contributed by atoms with van der Waals surface area (Å²) in [5, 5.41) is 4.51. The van der Waals surface area contributed by atoms with Crippen LogP contribution in [-0.4, -0.2) is 6.54 Å². The van der Waals surface area contributed by atoms with Crippen LogP contribution in [0, 0.1) is 17.8 Å². The smallest absolute Gasteiger partial charge is 0.0410 e. The number of hydrogen-bond donors (Lipinski definition) is 1. The molecule has 3 heteroatoms. The summed E-state index contributed by atoms with van der Waals surface area (Å²) in [5.41, 5.74) is 1.31. The summed E-state index contributed by atoms with van der Waals surface area (Å²) in [6.45, 7) is 7.95. The van der Waals surface area contributed by atoms with Crippen molar-refractivity contribution in [2.24, 2.45) is 17.8 Å². The summed E-state index contributed by atoms with van der Waals surface area (Å²) < 4.78 is 1.17. The maximum absolute atomic E-state index is 6.20. The molecule has 1 aromatic carbocycles. The van der Waals surface area contributed by atoms with Gasteiger partial charge in [0.05, 0.1) is 0 Å². The number of nitrogens with one attached hydrogen (secondary N) is 1. The molecule has 1 fully saturated rings. The molecule has 4 unspecified atom stereocenters. The Morgan fingerprint density at radius 3 is 2.70 bits per heavy atom. The molecule has 112 valence electrons. The van der Waals surface area contributed by atoms with E-state index in [0.717, 1.165) is 23.4 Å². The summed E-state index contributed by atoms with van der Waals surface area (Å²) in [5.74, 6) is 2.38. The van der Waals surface area contributed by atoms with Crippen LogP contribution in [0.3, 0.4) is 0 Å². The Kier molecular flexibility index (Phi) is 5.95. The van der Waals surface area contributed by atoms with Gasteiger partial charge in [-0.2, -0.15) is 0 Å². The molecular formula is C17H25BrClN. The average Bonchev–Trinajstić information content (AvgIpc) is 2.42. The number of halogens is 2. The van der Waals surface area contributed by atoms with Gasteiger partial charge in [-0.3, -0.25) is 0 Å². The monoisotopic (exact) mass is 357 g/mol. The topological polar surface area (TPSA) is 12.0 Å².